The first-order valence-corrected chi connectivity index (χ1v) is 13.6. The second kappa shape index (κ2) is 16.3. The third-order valence-electron chi connectivity index (χ3n) is 5.12. The lowest BCUT2D eigenvalue weighted by molar-refractivity contribution is -0.0781. The predicted molar refractivity (Wildman–Crippen MR) is 149 cm³/mol. The fourth-order valence-corrected chi connectivity index (χ4v) is 3.68. The number of nitrogens with zero attached hydrogens (tertiary/aromatic N) is 4. The maximum atomic E-state index is 12.3. The lowest BCUT2D eigenvalue weighted by Gasteiger charge is -2.46. The molecular formula is C28H40N4O10. The molecule has 4 atom stereocenters. The molecule has 0 aromatic heterocycles. The first-order valence-electron chi connectivity index (χ1n) is 13.6. The summed E-state index contributed by atoms with van der Waals surface area (Å²) in [5, 5.41) is 8.66. The molecule has 2 fully saturated rings. The summed E-state index contributed by atoms with van der Waals surface area (Å²) in [4.78, 5) is 46.2. The van der Waals surface area contributed by atoms with Gasteiger partial charge in [-0.3, -0.25) is 0 Å². The molecule has 4 amide bonds. The molecule has 42 heavy (non-hydrogen) atoms. The fraction of sp³-hybridized carbons (Fsp3) is 0.571. The van der Waals surface area contributed by atoms with Gasteiger partial charge in [0.15, 0.2) is 0 Å². The summed E-state index contributed by atoms with van der Waals surface area (Å²) in [5.41, 5.74) is 0. The molecule has 2 saturated heterocycles. The standard InChI is InChI=1S/C14H20N2O5.C8H14N2O4.C6H6O/c1-7(2)19-13(17)15-9-5-6-10(12-11(9)21-12)16(15)14(18)20-8(3)4;1-5(2)13-7(11)9-10-8(12)14-6(3)4;1-2-4-6-7-5-3-1/h5-12H,1-4H3;5-6H,1-4H3;1-6H. The van der Waals surface area contributed by atoms with E-state index in [0.717, 1.165) is 0 Å². The second-order valence-electron chi connectivity index (χ2n) is 10.2. The van der Waals surface area contributed by atoms with E-state index in [2.05, 4.69) is 19.7 Å². The van der Waals surface area contributed by atoms with Gasteiger partial charge in [0.1, 0.15) is 24.3 Å². The van der Waals surface area contributed by atoms with E-state index < -0.39 is 24.4 Å². The van der Waals surface area contributed by atoms with Gasteiger partial charge in [-0.1, -0.05) is 34.5 Å². The zero-order valence-electron chi connectivity index (χ0n) is 25.1. The summed E-state index contributed by atoms with van der Waals surface area (Å²) in [7, 11) is 0. The predicted octanol–water partition coefficient (Wildman–Crippen LogP) is 5.81. The van der Waals surface area contributed by atoms with Gasteiger partial charge in [-0.25, -0.2) is 29.2 Å². The molecule has 2 bridgehead atoms. The van der Waals surface area contributed by atoms with Crippen LogP contribution in [0.4, 0.5) is 19.2 Å². The van der Waals surface area contributed by atoms with Crippen molar-refractivity contribution in [2.45, 2.75) is 104 Å². The highest BCUT2D eigenvalue weighted by molar-refractivity contribution is 5.77. The molecule has 5 rings (SSSR count). The molecule has 0 spiro atoms. The van der Waals surface area contributed by atoms with Crippen LogP contribution in [-0.4, -0.2) is 83.1 Å². The van der Waals surface area contributed by atoms with E-state index in [1.165, 1.54) is 10.0 Å². The summed E-state index contributed by atoms with van der Waals surface area (Å²) in [6.07, 6.45) is 10.4. The van der Waals surface area contributed by atoms with Gasteiger partial charge >= 0.3 is 24.4 Å². The minimum atomic E-state index is -0.902. The molecule has 0 aromatic rings. The normalized spacial score (nSPS) is 22.6. The molecule has 4 unspecified atom stereocenters. The lowest BCUT2D eigenvalue weighted by atomic mass is 9.94. The fourth-order valence-electron chi connectivity index (χ4n) is 3.68. The molecule has 4 aliphatic heterocycles. The first-order chi connectivity index (χ1) is 19.8. The number of carbonyl (C=O) groups is 4. The smallest absolute Gasteiger partial charge is 0.452 e. The van der Waals surface area contributed by atoms with Crippen LogP contribution >= 0.6 is 0 Å². The van der Waals surface area contributed by atoms with Gasteiger partial charge in [-0.2, -0.15) is 0 Å². The highest BCUT2D eigenvalue weighted by Crippen LogP contribution is 2.44. The monoisotopic (exact) mass is 592 g/mol. The second-order valence-corrected chi connectivity index (χ2v) is 10.2. The number of carbonyl (C=O) groups excluding carboxylic acids is 4. The number of rotatable bonds is 4. The topological polar surface area (TPSA) is 158 Å². The SMILES string of the molecule is C1=CC=COC=C1.CC(C)OC(=O)N1C2C=CC(C3OC32)N1C(=O)OC(C)C.CC(C)OC(=O)N=NC(=O)OC(C)C. The number of hydrazine groups is 1. The number of azo groups is 1. The van der Waals surface area contributed by atoms with Gasteiger partial charge in [0.25, 0.3) is 0 Å². The highest BCUT2D eigenvalue weighted by Gasteiger charge is 2.63. The highest BCUT2D eigenvalue weighted by atomic mass is 16.6. The quantitative estimate of drug-likeness (QED) is 0.169. The van der Waals surface area contributed by atoms with Crippen LogP contribution in [0.25, 0.3) is 0 Å². The third kappa shape index (κ3) is 11.0. The molecule has 5 aliphatic rings. The van der Waals surface area contributed by atoms with E-state index in [0.29, 0.717) is 0 Å². The van der Waals surface area contributed by atoms with E-state index in [-0.39, 0.29) is 48.7 Å². The Labute approximate surface area is 245 Å². The van der Waals surface area contributed by atoms with Gasteiger partial charge in [-0.05, 0) is 67.5 Å². The number of hydrogen-bond donors (Lipinski definition) is 0. The number of allylic oxidation sites excluding steroid dienone is 4. The van der Waals surface area contributed by atoms with Crippen molar-refractivity contribution < 1.29 is 47.6 Å². The van der Waals surface area contributed by atoms with Gasteiger partial charge in [0.05, 0.1) is 36.9 Å². The number of amides is 4. The van der Waals surface area contributed by atoms with Crippen molar-refractivity contribution in [1.82, 2.24) is 10.0 Å². The van der Waals surface area contributed by atoms with Crippen LogP contribution in [0, 0.1) is 0 Å². The van der Waals surface area contributed by atoms with Gasteiger partial charge in [0, 0.05) is 0 Å². The Morgan fingerprint density at radius 3 is 1.29 bits per heavy atom. The summed E-state index contributed by atoms with van der Waals surface area (Å²) in [6.45, 7) is 13.7. The Morgan fingerprint density at radius 2 is 0.952 bits per heavy atom. The van der Waals surface area contributed by atoms with Crippen LogP contribution in [-0.2, 0) is 28.4 Å². The number of epoxide rings is 1. The minimum absolute atomic E-state index is 0.0530. The molecule has 14 heteroatoms. The molecule has 0 radical (unpaired) electrons. The van der Waals surface area contributed by atoms with E-state index in [4.69, 9.17) is 18.9 Å². The Hall–Kier alpha value is -4.20. The first kappa shape index (κ1) is 34.0. The van der Waals surface area contributed by atoms with E-state index in [1.807, 2.05) is 36.5 Å². The zero-order chi connectivity index (χ0) is 31.4. The van der Waals surface area contributed by atoms with Crippen LogP contribution < -0.4 is 0 Å². The van der Waals surface area contributed by atoms with Gasteiger partial charge < -0.3 is 28.4 Å². The molecular weight excluding hydrogens is 552 g/mol. The van der Waals surface area contributed by atoms with E-state index in [1.54, 1.807) is 67.9 Å². The molecule has 0 saturated carbocycles. The van der Waals surface area contributed by atoms with Crippen LogP contribution in [0.3, 0.4) is 0 Å². The maximum Gasteiger partial charge on any atom is 0.452 e. The average molecular weight is 593 g/mol. The Morgan fingerprint density at radius 1 is 0.595 bits per heavy atom. The van der Waals surface area contributed by atoms with Crippen molar-refractivity contribution in [3.8, 4) is 0 Å². The molecule has 0 N–H and O–H groups in total. The molecule has 0 aromatic carbocycles. The molecule has 232 valence electrons. The van der Waals surface area contributed by atoms with Crippen molar-refractivity contribution in [1.29, 1.82) is 0 Å². The molecule has 4 heterocycles. The summed E-state index contributed by atoms with van der Waals surface area (Å²) < 4.78 is 30.0. The Balaban J connectivity index is 0.000000252. The van der Waals surface area contributed by atoms with Crippen molar-refractivity contribution in [2.75, 3.05) is 0 Å². The average Bonchev–Trinajstić information content (AvgIpc) is 3.72. The molecule has 14 nitrogen and oxygen atoms in total. The van der Waals surface area contributed by atoms with E-state index in [9.17, 15) is 19.2 Å². The summed E-state index contributed by atoms with van der Waals surface area (Å²) in [6, 6.07) is -0.628. The number of hydrogen-bond acceptors (Lipinski definition) is 10. The Bertz CT molecular complexity index is 1020. The lowest BCUT2D eigenvalue weighted by Crippen LogP contribution is -2.66. The zero-order valence-corrected chi connectivity index (χ0v) is 25.1. The van der Waals surface area contributed by atoms with Crippen LogP contribution in [0.15, 0.2) is 59.2 Å². The number of fused-ring (bicyclic) bond motifs is 1. The largest absolute Gasteiger partial charge is 0.473 e. The number of ether oxygens (including phenoxy) is 6. The van der Waals surface area contributed by atoms with Crippen molar-refractivity contribution in [3.63, 3.8) is 0 Å². The third-order valence-corrected chi connectivity index (χ3v) is 5.12. The molecule has 1 aliphatic carbocycles. The van der Waals surface area contributed by atoms with Crippen LogP contribution in [0.2, 0.25) is 0 Å². The maximum absolute atomic E-state index is 12.3. The summed E-state index contributed by atoms with van der Waals surface area (Å²) >= 11 is 0. The van der Waals surface area contributed by atoms with Crippen molar-refractivity contribution >= 4 is 24.4 Å². The van der Waals surface area contributed by atoms with E-state index >= 15 is 0 Å². The van der Waals surface area contributed by atoms with Crippen molar-refractivity contribution in [2.24, 2.45) is 10.2 Å². The van der Waals surface area contributed by atoms with Crippen LogP contribution in [0.5, 0.6) is 0 Å². The minimum Gasteiger partial charge on any atom is -0.473 e. The van der Waals surface area contributed by atoms with Gasteiger partial charge in [0.2, 0.25) is 0 Å². The van der Waals surface area contributed by atoms with Crippen LogP contribution in [0.1, 0.15) is 55.4 Å². The Kier molecular flexibility index (Phi) is 13.2. The summed E-state index contributed by atoms with van der Waals surface area (Å²) in [5.74, 6) is 0. The van der Waals surface area contributed by atoms with Gasteiger partial charge in [-0.15, -0.1) is 0 Å². The van der Waals surface area contributed by atoms with Crippen molar-refractivity contribution in [3.05, 3.63) is 49.0 Å².